The van der Waals surface area contributed by atoms with Crippen LogP contribution in [0.2, 0.25) is 0 Å². The van der Waals surface area contributed by atoms with E-state index in [1.807, 2.05) is 0 Å². The summed E-state index contributed by atoms with van der Waals surface area (Å²) in [4.78, 5) is 43.6. The molecule has 10 nitrogen and oxygen atoms in total. The van der Waals surface area contributed by atoms with Crippen LogP contribution in [0.25, 0.3) is 0 Å². The van der Waals surface area contributed by atoms with E-state index in [0.717, 1.165) is 18.4 Å². The van der Waals surface area contributed by atoms with Gasteiger partial charge in [0.05, 0.1) is 19.1 Å². The largest absolute Gasteiger partial charge is 0.469 e. The summed E-state index contributed by atoms with van der Waals surface area (Å²) in [6.45, 7) is 1.61. The Labute approximate surface area is 216 Å². The van der Waals surface area contributed by atoms with Gasteiger partial charge in [0.25, 0.3) is 0 Å². The molecule has 0 saturated carbocycles. The first-order valence-corrected chi connectivity index (χ1v) is 13.8. The smallest absolute Gasteiger partial charge is 0.415 e. The monoisotopic (exact) mass is 529 g/mol. The molecule has 2 aliphatic rings. The summed E-state index contributed by atoms with van der Waals surface area (Å²) < 4.78 is 37.8. The number of carbonyl (C=O) groups excluding carboxylic acids is 3. The van der Waals surface area contributed by atoms with Gasteiger partial charge in [-0.25, -0.2) is 13.2 Å². The van der Waals surface area contributed by atoms with Crippen molar-refractivity contribution < 1.29 is 32.3 Å². The lowest BCUT2D eigenvalue weighted by Gasteiger charge is -2.24. The highest BCUT2D eigenvalue weighted by Gasteiger charge is 2.40. The van der Waals surface area contributed by atoms with Crippen LogP contribution in [0.3, 0.4) is 0 Å². The van der Waals surface area contributed by atoms with Gasteiger partial charge in [0.2, 0.25) is 10.0 Å². The Morgan fingerprint density at radius 1 is 1.05 bits per heavy atom. The summed E-state index contributed by atoms with van der Waals surface area (Å²) in [5, 5.41) is 0. The maximum absolute atomic E-state index is 13.3. The average Bonchev–Trinajstić information content (AvgIpc) is 3.62. The number of carbonyl (C=O) groups is 3. The predicted octanol–water partition coefficient (Wildman–Crippen LogP) is 2.82. The Morgan fingerprint density at radius 2 is 1.78 bits per heavy atom. The van der Waals surface area contributed by atoms with Gasteiger partial charge in [-0.15, -0.1) is 0 Å². The van der Waals surface area contributed by atoms with E-state index in [-0.39, 0.29) is 36.2 Å². The van der Waals surface area contributed by atoms with E-state index in [0.29, 0.717) is 31.7 Å². The Bertz CT molecular complexity index is 1210. The second-order valence-electron chi connectivity index (χ2n) is 9.26. The number of pyridine rings is 1. The first-order valence-electron chi connectivity index (χ1n) is 12.4. The lowest BCUT2D eigenvalue weighted by atomic mass is 9.92. The highest BCUT2D eigenvalue weighted by molar-refractivity contribution is 7.89. The summed E-state index contributed by atoms with van der Waals surface area (Å²) in [6.07, 6.45) is 5.31. The average molecular weight is 530 g/mol. The SMILES string of the molecule is COC(=O)[C@@H](CC(=O)[C@@H]1CCCN1S(=O)(=O)c1cccnc1)Cc1ccc(OC(=O)N2CCCC2)cc1. The zero-order chi connectivity index (χ0) is 26.4. The molecule has 0 spiro atoms. The van der Waals surface area contributed by atoms with Gasteiger partial charge in [-0.3, -0.25) is 14.6 Å². The molecule has 2 atom stereocenters. The molecule has 3 heterocycles. The Morgan fingerprint density at radius 3 is 2.43 bits per heavy atom. The van der Waals surface area contributed by atoms with Crippen molar-refractivity contribution >= 4 is 27.9 Å². The van der Waals surface area contributed by atoms with E-state index in [9.17, 15) is 22.8 Å². The molecular weight excluding hydrogens is 498 g/mol. The third kappa shape index (κ3) is 6.34. The molecule has 1 aromatic carbocycles. The van der Waals surface area contributed by atoms with Gasteiger partial charge in [0.15, 0.2) is 5.78 Å². The molecule has 0 N–H and O–H groups in total. The Kier molecular flexibility index (Phi) is 8.55. The van der Waals surface area contributed by atoms with Crippen molar-refractivity contribution in [3.8, 4) is 5.75 Å². The Hall–Kier alpha value is -3.31. The molecule has 2 aromatic rings. The van der Waals surface area contributed by atoms with Gasteiger partial charge >= 0.3 is 12.1 Å². The number of likely N-dealkylation sites (tertiary alicyclic amines) is 1. The molecule has 0 unspecified atom stereocenters. The fourth-order valence-corrected chi connectivity index (χ4v) is 6.46. The fourth-order valence-electron chi connectivity index (χ4n) is 4.81. The zero-order valence-corrected chi connectivity index (χ0v) is 21.6. The van der Waals surface area contributed by atoms with Gasteiger partial charge in [0.1, 0.15) is 10.6 Å². The van der Waals surface area contributed by atoms with E-state index < -0.39 is 28.0 Å². The number of ketones is 1. The molecule has 2 aliphatic heterocycles. The number of benzene rings is 1. The van der Waals surface area contributed by atoms with Crippen LogP contribution in [0.5, 0.6) is 5.75 Å². The van der Waals surface area contributed by atoms with Gasteiger partial charge in [0, 0.05) is 38.4 Å². The van der Waals surface area contributed by atoms with E-state index >= 15 is 0 Å². The van der Waals surface area contributed by atoms with Gasteiger partial charge in [-0.05, 0) is 61.9 Å². The molecule has 0 bridgehead atoms. The lowest BCUT2D eigenvalue weighted by Crippen LogP contribution is -2.41. The number of Topliss-reactive ketones (excluding diaryl/α,β-unsaturated/α-hetero) is 1. The third-order valence-corrected chi connectivity index (χ3v) is 8.67. The number of hydrogen-bond donors (Lipinski definition) is 0. The minimum absolute atomic E-state index is 0.0322. The van der Waals surface area contributed by atoms with Crippen LogP contribution in [-0.2, 0) is 30.8 Å². The number of rotatable bonds is 9. The van der Waals surface area contributed by atoms with Crippen LogP contribution >= 0.6 is 0 Å². The molecule has 1 aromatic heterocycles. The molecule has 2 fully saturated rings. The minimum Gasteiger partial charge on any atom is -0.469 e. The molecule has 37 heavy (non-hydrogen) atoms. The van der Waals surface area contributed by atoms with E-state index in [1.165, 1.54) is 35.9 Å². The molecular formula is C26H31N3O7S. The maximum Gasteiger partial charge on any atom is 0.415 e. The second kappa shape index (κ2) is 11.8. The van der Waals surface area contributed by atoms with Crippen molar-refractivity contribution in [2.24, 2.45) is 5.92 Å². The van der Waals surface area contributed by atoms with E-state index in [2.05, 4.69) is 4.98 Å². The summed E-state index contributed by atoms with van der Waals surface area (Å²) in [5.41, 5.74) is 0.760. The van der Waals surface area contributed by atoms with Crippen molar-refractivity contribution in [2.75, 3.05) is 26.7 Å². The predicted molar refractivity (Wildman–Crippen MR) is 133 cm³/mol. The normalized spacial score (nSPS) is 18.9. The van der Waals surface area contributed by atoms with E-state index in [4.69, 9.17) is 9.47 Å². The first kappa shape index (κ1) is 26.7. The molecule has 1 amide bonds. The molecule has 198 valence electrons. The molecule has 0 radical (unpaired) electrons. The van der Waals surface area contributed by atoms with Crippen LogP contribution in [0.4, 0.5) is 4.79 Å². The molecule has 2 saturated heterocycles. The quantitative estimate of drug-likeness (QED) is 0.455. The van der Waals surface area contributed by atoms with Crippen molar-refractivity contribution in [3.63, 3.8) is 0 Å². The van der Waals surface area contributed by atoms with Crippen LogP contribution in [0, 0.1) is 5.92 Å². The number of methoxy groups -OCH3 is 1. The standard InChI is InChI=1S/C26H31N3O7S/c1-35-25(31)20(16-19-8-10-21(11-9-19)36-26(32)28-13-2-3-14-28)17-24(30)23-7-5-15-29(23)37(33,34)22-6-4-12-27-18-22/h4,6,8-12,18,20,23H,2-3,5,7,13-17H2,1H3/t20-,23+/m1/s1. The second-order valence-corrected chi connectivity index (χ2v) is 11.2. The van der Waals surface area contributed by atoms with E-state index in [1.54, 1.807) is 29.2 Å². The number of aromatic nitrogens is 1. The first-order chi connectivity index (χ1) is 17.8. The van der Waals surface area contributed by atoms with Crippen LogP contribution < -0.4 is 4.74 Å². The summed E-state index contributed by atoms with van der Waals surface area (Å²) in [5.74, 6) is -1.25. The maximum atomic E-state index is 13.3. The summed E-state index contributed by atoms with van der Waals surface area (Å²) in [7, 11) is -2.63. The highest BCUT2D eigenvalue weighted by Crippen LogP contribution is 2.29. The van der Waals surface area contributed by atoms with Gasteiger partial charge < -0.3 is 14.4 Å². The molecule has 0 aliphatic carbocycles. The van der Waals surface area contributed by atoms with Gasteiger partial charge in [-0.1, -0.05) is 12.1 Å². The van der Waals surface area contributed by atoms with Crippen molar-refractivity contribution in [1.29, 1.82) is 0 Å². The topological polar surface area (TPSA) is 123 Å². The summed E-state index contributed by atoms with van der Waals surface area (Å²) in [6, 6.07) is 8.92. The highest BCUT2D eigenvalue weighted by atomic mass is 32.2. The van der Waals surface area contributed by atoms with Crippen LogP contribution in [0.1, 0.15) is 37.7 Å². The van der Waals surface area contributed by atoms with Gasteiger partial charge in [-0.2, -0.15) is 4.31 Å². The number of hydrogen-bond acceptors (Lipinski definition) is 8. The van der Waals surface area contributed by atoms with Crippen LogP contribution in [-0.4, -0.2) is 73.2 Å². The fraction of sp³-hybridized carbons (Fsp3) is 0.462. The number of sulfonamides is 1. The number of esters is 1. The van der Waals surface area contributed by atoms with Crippen LogP contribution in [0.15, 0.2) is 53.7 Å². The third-order valence-electron chi connectivity index (χ3n) is 6.77. The zero-order valence-electron chi connectivity index (χ0n) is 20.7. The van der Waals surface area contributed by atoms with Crippen molar-refractivity contribution in [2.45, 2.75) is 49.5 Å². The number of ether oxygens (including phenoxy) is 2. The van der Waals surface area contributed by atoms with Crippen molar-refractivity contribution in [3.05, 3.63) is 54.4 Å². The van der Waals surface area contributed by atoms with Crippen molar-refractivity contribution in [1.82, 2.24) is 14.2 Å². The lowest BCUT2D eigenvalue weighted by molar-refractivity contribution is -0.147. The number of amides is 1. The minimum atomic E-state index is -3.89. The summed E-state index contributed by atoms with van der Waals surface area (Å²) >= 11 is 0. The Balaban J connectivity index is 1.42. The number of nitrogens with zero attached hydrogens (tertiary/aromatic N) is 3. The molecule has 11 heteroatoms. The molecule has 4 rings (SSSR count).